The summed E-state index contributed by atoms with van der Waals surface area (Å²) >= 11 is 0. The molecule has 0 saturated heterocycles. The zero-order valence-corrected chi connectivity index (χ0v) is 26.5. The van der Waals surface area contributed by atoms with E-state index in [2.05, 4.69) is 144 Å². The summed E-state index contributed by atoms with van der Waals surface area (Å²) in [5.74, 6) is 1.65. The Morgan fingerprint density at radius 1 is 0.417 bits per heavy atom. The van der Waals surface area contributed by atoms with Crippen LogP contribution >= 0.6 is 0 Å². The Hall–Kier alpha value is -6.32. The van der Waals surface area contributed by atoms with Crippen molar-refractivity contribution in [3.8, 4) is 22.3 Å². The van der Waals surface area contributed by atoms with E-state index in [1.807, 2.05) is 37.4 Å². The average molecular weight is 614 g/mol. The highest BCUT2D eigenvalue weighted by Gasteiger charge is 2.21. The molecule has 0 amide bonds. The number of aromatic nitrogens is 2. The largest absolute Gasteiger partial charge is 0.279 e. The predicted molar refractivity (Wildman–Crippen MR) is 202 cm³/mol. The van der Waals surface area contributed by atoms with Gasteiger partial charge in [-0.15, -0.1) is 0 Å². The highest BCUT2D eigenvalue weighted by atomic mass is 15.2. The molecule has 0 unspecified atom stereocenters. The van der Waals surface area contributed by atoms with E-state index in [4.69, 9.17) is 9.97 Å². The van der Waals surface area contributed by atoms with Gasteiger partial charge < -0.3 is 0 Å². The zero-order valence-electron chi connectivity index (χ0n) is 26.5. The van der Waals surface area contributed by atoms with Gasteiger partial charge in [0.25, 0.3) is 0 Å². The minimum absolute atomic E-state index is 0.817. The molecule has 3 nitrogen and oxygen atoms in total. The molecule has 226 valence electrons. The number of fused-ring (bicyclic) bond motifs is 4. The summed E-state index contributed by atoms with van der Waals surface area (Å²) < 4.78 is 0. The van der Waals surface area contributed by atoms with Crippen LogP contribution in [0.2, 0.25) is 0 Å². The fraction of sp³-hybridized carbons (Fsp3) is 0.0222. The van der Waals surface area contributed by atoms with Crippen molar-refractivity contribution in [3.05, 3.63) is 176 Å². The summed E-state index contributed by atoms with van der Waals surface area (Å²) in [5, 5.41) is 9.76. The van der Waals surface area contributed by atoms with Crippen LogP contribution in [0, 0.1) is 6.92 Å². The first-order valence-electron chi connectivity index (χ1n) is 16.3. The zero-order chi connectivity index (χ0) is 32.0. The first kappa shape index (κ1) is 27.9. The van der Waals surface area contributed by atoms with Gasteiger partial charge >= 0.3 is 0 Å². The van der Waals surface area contributed by atoms with Gasteiger partial charge in [0.2, 0.25) is 0 Å². The molecule has 0 atom stereocenters. The Balaban J connectivity index is 1.40. The molecule has 0 fully saturated rings. The van der Waals surface area contributed by atoms with Gasteiger partial charge in [-0.1, -0.05) is 115 Å². The number of benzene rings is 7. The maximum Gasteiger partial charge on any atom is 0.138 e. The quantitative estimate of drug-likeness (QED) is 0.181. The van der Waals surface area contributed by atoms with Gasteiger partial charge in [0, 0.05) is 17.6 Å². The van der Waals surface area contributed by atoms with Gasteiger partial charge in [0.15, 0.2) is 0 Å². The number of hydrogen-bond donors (Lipinski definition) is 0. The molecule has 0 aliphatic carbocycles. The number of rotatable bonds is 5. The van der Waals surface area contributed by atoms with Crippen molar-refractivity contribution >= 4 is 60.4 Å². The Kier molecular flexibility index (Phi) is 6.69. The topological polar surface area (TPSA) is 29.0 Å². The first-order valence-corrected chi connectivity index (χ1v) is 16.3. The van der Waals surface area contributed by atoms with Gasteiger partial charge in [-0.05, 0) is 121 Å². The lowest BCUT2D eigenvalue weighted by Gasteiger charge is -2.25. The molecule has 2 aromatic heterocycles. The van der Waals surface area contributed by atoms with Crippen LogP contribution in [0.3, 0.4) is 0 Å². The molecule has 9 aromatic rings. The van der Waals surface area contributed by atoms with Crippen LogP contribution in [0.5, 0.6) is 0 Å². The second-order valence-corrected chi connectivity index (χ2v) is 12.3. The van der Waals surface area contributed by atoms with Crippen molar-refractivity contribution in [2.45, 2.75) is 6.92 Å². The van der Waals surface area contributed by atoms with E-state index in [9.17, 15) is 0 Å². The molecule has 0 N–H and O–H groups in total. The van der Waals surface area contributed by atoms with E-state index in [1.165, 1.54) is 65.3 Å². The van der Waals surface area contributed by atoms with Crippen LogP contribution in [0.1, 0.15) is 5.69 Å². The highest BCUT2D eigenvalue weighted by molar-refractivity contribution is 6.22. The van der Waals surface area contributed by atoms with Crippen LogP contribution in [0.15, 0.2) is 170 Å². The van der Waals surface area contributed by atoms with Gasteiger partial charge in [-0.3, -0.25) is 4.90 Å². The molecule has 48 heavy (non-hydrogen) atoms. The lowest BCUT2D eigenvalue weighted by molar-refractivity contribution is 1.10. The number of hydrogen-bond acceptors (Lipinski definition) is 3. The van der Waals surface area contributed by atoms with E-state index >= 15 is 0 Å². The second-order valence-electron chi connectivity index (χ2n) is 12.3. The van der Waals surface area contributed by atoms with E-state index < -0.39 is 0 Å². The first-order chi connectivity index (χ1) is 23.7. The number of pyridine rings is 2. The Morgan fingerprint density at radius 3 is 1.60 bits per heavy atom. The third-order valence-corrected chi connectivity index (χ3v) is 9.32. The standard InChI is InChI=1S/C45H31N3/c1-30-11-10-19-43(47-30)48(42-18-8-9-26-46-42)37-24-25-40-41(29-37)45(36-23-21-32-13-3-5-15-34(32)28-36)39-17-7-6-16-38(39)44(40)35-22-20-31-12-2-4-14-33(31)27-35/h2-29H,1H3. The van der Waals surface area contributed by atoms with Crippen LogP contribution in [0.4, 0.5) is 17.3 Å². The number of aryl methyl sites for hydroxylation is 1. The molecular weight excluding hydrogens is 583 g/mol. The minimum Gasteiger partial charge on any atom is -0.279 e. The van der Waals surface area contributed by atoms with Gasteiger partial charge in [-0.2, -0.15) is 0 Å². The molecule has 0 radical (unpaired) electrons. The molecule has 3 heteroatoms. The summed E-state index contributed by atoms with van der Waals surface area (Å²) in [6, 6.07) is 58.7. The minimum atomic E-state index is 0.817. The third kappa shape index (κ3) is 4.76. The third-order valence-electron chi connectivity index (χ3n) is 9.32. The predicted octanol–water partition coefficient (Wildman–Crippen LogP) is 12.2. The molecule has 0 spiro atoms. The van der Waals surface area contributed by atoms with E-state index in [0.29, 0.717) is 0 Å². The molecule has 2 heterocycles. The van der Waals surface area contributed by atoms with Crippen molar-refractivity contribution in [1.82, 2.24) is 9.97 Å². The van der Waals surface area contributed by atoms with Crippen molar-refractivity contribution in [1.29, 1.82) is 0 Å². The molecule has 0 bridgehead atoms. The van der Waals surface area contributed by atoms with Crippen LogP contribution < -0.4 is 4.90 Å². The van der Waals surface area contributed by atoms with Crippen LogP contribution in [-0.4, -0.2) is 9.97 Å². The summed E-state index contributed by atoms with van der Waals surface area (Å²) in [5.41, 5.74) is 6.80. The SMILES string of the molecule is Cc1cccc(N(c2ccc3c(-c4ccc5ccccc5c4)c4ccccc4c(-c4ccc5ccccc5c4)c3c2)c2ccccn2)n1. The van der Waals surface area contributed by atoms with Crippen molar-refractivity contribution < 1.29 is 0 Å². The molecule has 0 aliphatic rings. The molecule has 0 saturated carbocycles. The number of anilines is 3. The lowest BCUT2D eigenvalue weighted by atomic mass is 9.85. The van der Waals surface area contributed by atoms with E-state index in [-0.39, 0.29) is 0 Å². The molecular formula is C45H31N3. The summed E-state index contributed by atoms with van der Waals surface area (Å²) in [4.78, 5) is 11.9. The highest BCUT2D eigenvalue weighted by Crippen LogP contribution is 2.46. The fourth-order valence-electron chi connectivity index (χ4n) is 7.14. The molecule has 7 aromatic carbocycles. The normalized spacial score (nSPS) is 11.4. The van der Waals surface area contributed by atoms with Crippen molar-refractivity contribution in [3.63, 3.8) is 0 Å². The summed E-state index contributed by atoms with van der Waals surface area (Å²) in [6.45, 7) is 2.03. The van der Waals surface area contributed by atoms with Gasteiger partial charge in [0.1, 0.15) is 11.6 Å². The van der Waals surface area contributed by atoms with Gasteiger partial charge in [-0.25, -0.2) is 9.97 Å². The van der Waals surface area contributed by atoms with Crippen molar-refractivity contribution in [2.24, 2.45) is 0 Å². The van der Waals surface area contributed by atoms with E-state index in [0.717, 1.165) is 23.0 Å². The maximum absolute atomic E-state index is 4.95. The van der Waals surface area contributed by atoms with Crippen LogP contribution in [-0.2, 0) is 0 Å². The maximum atomic E-state index is 4.95. The Labute approximate surface area is 279 Å². The van der Waals surface area contributed by atoms with Crippen molar-refractivity contribution in [2.75, 3.05) is 4.90 Å². The fourth-order valence-corrected chi connectivity index (χ4v) is 7.14. The smallest absolute Gasteiger partial charge is 0.138 e. The lowest BCUT2D eigenvalue weighted by Crippen LogP contribution is -2.13. The van der Waals surface area contributed by atoms with E-state index in [1.54, 1.807) is 0 Å². The second kappa shape index (κ2) is 11.5. The monoisotopic (exact) mass is 613 g/mol. The van der Waals surface area contributed by atoms with Crippen LogP contribution in [0.25, 0.3) is 65.3 Å². The number of nitrogens with zero attached hydrogens (tertiary/aromatic N) is 3. The molecule has 0 aliphatic heterocycles. The Morgan fingerprint density at radius 2 is 0.979 bits per heavy atom. The average Bonchev–Trinajstić information content (AvgIpc) is 3.14. The summed E-state index contributed by atoms with van der Waals surface area (Å²) in [6.07, 6.45) is 1.84. The van der Waals surface area contributed by atoms with Gasteiger partial charge in [0.05, 0.1) is 0 Å². The Bertz CT molecular complexity index is 2640. The molecule has 9 rings (SSSR count). The summed E-state index contributed by atoms with van der Waals surface area (Å²) in [7, 11) is 0.